The van der Waals surface area contributed by atoms with E-state index in [0.717, 1.165) is 25.0 Å². The van der Waals surface area contributed by atoms with Crippen molar-refractivity contribution in [2.24, 2.45) is 5.41 Å². The molecule has 0 fully saturated rings. The monoisotopic (exact) mass is 378 g/mol. The van der Waals surface area contributed by atoms with Gasteiger partial charge in [0, 0.05) is 10.8 Å². The lowest BCUT2D eigenvalue weighted by molar-refractivity contribution is 0.0989. The predicted octanol–water partition coefficient (Wildman–Crippen LogP) is 5.67. The molecule has 0 saturated heterocycles. The highest BCUT2D eigenvalue weighted by Crippen LogP contribution is 2.40. The summed E-state index contributed by atoms with van der Waals surface area (Å²) in [4.78, 5) is 0. The summed E-state index contributed by atoms with van der Waals surface area (Å²) in [7, 11) is 1.70. The molecule has 1 unspecified atom stereocenters. The maximum atomic E-state index is 10.1. The second-order valence-electron chi connectivity index (χ2n) is 8.39. The first kappa shape index (κ1) is 22.1. The molecule has 0 spiro atoms. The topological polar surface area (TPSA) is 29.5 Å². The Labute approximate surface area is 171 Å². The van der Waals surface area contributed by atoms with Gasteiger partial charge in [0.2, 0.25) is 0 Å². The number of aliphatic hydroxyl groups is 1. The van der Waals surface area contributed by atoms with E-state index < -0.39 is 6.10 Å². The molecule has 1 N–H and O–H groups in total. The first-order valence-corrected chi connectivity index (χ1v) is 10.1. The van der Waals surface area contributed by atoms with E-state index in [-0.39, 0.29) is 10.8 Å². The van der Waals surface area contributed by atoms with Crippen LogP contribution in [0.5, 0.6) is 5.75 Å². The van der Waals surface area contributed by atoms with Gasteiger partial charge in [0.1, 0.15) is 11.9 Å². The second-order valence-corrected chi connectivity index (χ2v) is 8.39. The second kappa shape index (κ2) is 8.84. The molecule has 0 aliphatic rings. The summed E-state index contributed by atoms with van der Waals surface area (Å²) in [6.07, 6.45) is 7.49. The molecule has 150 valence electrons. The number of aliphatic hydroxyl groups excluding tert-OH is 1. The Hall–Kier alpha value is -2.24. The van der Waals surface area contributed by atoms with Crippen molar-refractivity contribution in [1.29, 1.82) is 0 Å². The van der Waals surface area contributed by atoms with E-state index in [2.05, 4.69) is 57.0 Å². The summed E-state index contributed by atoms with van der Waals surface area (Å²) in [5.41, 5.74) is 4.74. The number of methoxy groups -OCH3 is 1. The molecule has 0 aliphatic carbocycles. The molecular formula is C26H34O2. The third-order valence-corrected chi connectivity index (χ3v) is 6.29. The van der Waals surface area contributed by atoms with Crippen LogP contribution in [0.15, 0.2) is 42.5 Å². The summed E-state index contributed by atoms with van der Waals surface area (Å²) in [6.45, 7) is 10.7. The molecule has 0 heterocycles. The SMILES string of the molecule is C#CC(O)C(C)(C)Cc1ccc(C(CC)(CC)c2ccc(OC)cc2)cc1C. The van der Waals surface area contributed by atoms with Crippen molar-refractivity contribution in [3.8, 4) is 18.1 Å². The van der Waals surface area contributed by atoms with E-state index in [1.54, 1.807) is 7.11 Å². The number of aryl methyl sites for hydroxylation is 1. The number of benzene rings is 2. The van der Waals surface area contributed by atoms with Crippen molar-refractivity contribution >= 4 is 0 Å². The minimum Gasteiger partial charge on any atom is -0.497 e. The van der Waals surface area contributed by atoms with Gasteiger partial charge in [-0.2, -0.15) is 0 Å². The van der Waals surface area contributed by atoms with Crippen molar-refractivity contribution in [3.63, 3.8) is 0 Å². The van der Waals surface area contributed by atoms with Crippen molar-refractivity contribution in [2.45, 2.75) is 65.4 Å². The zero-order valence-electron chi connectivity index (χ0n) is 18.2. The standard InChI is InChI=1S/C26H34O2/c1-8-24(27)25(5,6)18-20-11-12-22(17-19(20)4)26(9-2,10-3)21-13-15-23(28-7)16-14-21/h1,11-17,24,27H,9-10,18H2,2-7H3. The van der Waals surface area contributed by atoms with Crippen molar-refractivity contribution in [3.05, 3.63) is 64.7 Å². The number of hydrogen-bond acceptors (Lipinski definition) is 2. The molecule has 0 radical (unpaired) electrons. The molecule has 2 nitrogen and oxygen atoms in total. The molecule has 2 rings (SSSR count). The van der Waals surface area contributed by atoms with Crippen molar-refractivity contribution in [1.82, 2.24) is 0 Å². The molecule has 2 heteroatoms. The number of hydrogen-bond donors (Lipinski definition) is 1. The van der Waals surface area contributed by atoms with Crippen molar-refractivity contribution in [2.75, 3.05) is 7.11 Å². The van der Waals surface area contributed by atoms with Gasteiger partial charge >= 0.3 is 0 Å². The summed E-state index contributed by atoms with van der Waals surface area (Å²) in [6, 6.07) is 15.2. The van der Waals surface area contributed by atoms with E-state index in [4.69, 9.17) is 11.2 Å². The van der Waals surface area contributed by atoms with Crippen LogP contribution in [-0.4, -0.2) is 18.3 Å². The molecule has 0 bridgehead atoms. The highest BCUT2D eigenvalue weighted by molar-refractivity contribution is 5.44. The van der Waals surface area contributed by atoms with Crippen LogP contribution in [0.1, 0.15) is 62.8 Å². The molecule has 0 aliphatic heterocycles. The average Bonchev–Trinajstić information content (AvgIpc) is 2.71. The maximum Gasteiger partial charge on any atom is 0.119 e. The van der Waals surface area contributed by atoms with E-state index in [1.165, 1.54) is 22.3 Å². The molecule has 2 aromatic carbocycles. The van der Waals surface area contributed by atoms with Crippen LogP contribution in [0.4, 0.5) is 0 Å². The number of ether oxygens (including phenoxy) is 1. The first-order chi connectivity index (χ1) is 13.2. The van der Waals surface area contributed by atoms with Crippen molar-refractivity contribution < 1.29 is 9.84 Å². The third kappa shape index (κ3) is 4.26. The van der Waals surface area contributed by atoms with E-state index >= 15 is 0 Å². The highest BCUT2D eigenvalue weighted by Gasteiger charge is 2.32. The molecular weight excluding hydrogens is 344 g/mol. The molecule has 1 atom stereocenters. The Kier molecular flexibility index (Phi) is 6.96. The summed E-state index contributed by atoms with van der Waals surface area (Å²) in [5, 5.41) is 10.1. The lowest BCUT2D eigenvalue weighted by Gasteiger charge is -2.34. The molecule has 28 heavy (non-hydrogen) atoms. The Morgan fingerprint density at radius 2 is 1.61 bits per heavy atom. The lowest BCUT2D eigenvalue weighted by atomic mass is 9.69. The fourth-order valence-corrected chi connectivity index (χ4v) is 4.15. The largest absolute Gasteiger partial charge is 0.497 e. The number of terminal acetylenes is 1. The average molecular weight is 379 g/mol. The molecule has 0 aromatic heterocycles. The number of rotatable bonds is 8. The van der Waals surface area contributed by atoms with E-state index in [9.17, 15) is 5.11 Å². The van der Waals surface area contributed by atoms with E-state index in [0.29, 0.717) is 0 Å². The highest BCUT2D eigenvalue weighted by atomic mass is 16.5. The van der Waals surface area contributed by atoms with Gasteiger partial charge in [-0.15, -0.1) is 6.42 Å². The van der Waals surface area contributed by atoms with Crippen LogP contribution in [0.2, 0.25) is 0 Å². The maximum absolute atomic E-state index is 10.1. The van der Waals surface area contributed by atoms with Gasteiger partial charge in [-0.25, -0.2) is 0 Å². The van der Waals surface area contributed by atoms with Gasteiger partial charge in [0.15, 0.2) is 0 Å². The summed E-state index contributed by atoms with van der Waals surface area (Å²) >= 11 is 0. The summed E-state index contributed by atoms with van der Waals surface area (Å²) < 4.78 is 5.33. The normalized spacial score (nSPS) is 13.1. The van der Waals surface area contributed by atoms with Gasteiger partial charge in [-0.05, 0) is 60.6 Å². The van der Waals surface area contributed by atoms with Crippen LogP contribution in [0.3, 0.4) is 0 Å². The molecule has 0 amide bonds. The third-order valence-electron chi connectivity index (χ3n) is 6.29. The van der Waals surface area contributed by atoms with Gasteiger partial charge in [0.25, 0.3) is 0 Å². The Bertz CT molecular complexity index is 821. The Morgan fingerprint density at radius 1 is 1.04 bits per heavy atom. The van der Waals surface area contributed by atoms with Gasteiger partial charge in [-0.1, -0.05) is 63.9 Å². The predicted molar refractivity (Wildman–Crippen MR) is 118 cm³/mol. The molecule has 2 aromatic rings. The van der Waals surface area contributed by atoms with Crippen LogP contribution >= 0.6 is 0 Å². The fourth-order valence-electron chi connectivity index (χ4n) is 4.15. The Balaban J connectivity index is 2.44. The first-order valence-electron chi connectivity index (χ1n) is 10.1. The smallest absolute Gasteiger partial charge is 0.119 e. The quantitative estimate of drug-likeness (QED) is 0.600. The minimum absolute atomic E-state index is 0.0244. The Morgan fingerprint density at radius 3 is 2.07 bits per heavy atom. The van der Waals surface area contributed by atoms with Crippen LogP contribution < -0.4 is 4.74 Å². The van der Waals surface area contributed by atoms with Crippen LogP contribution in [-0.2, 0) is 11.8 Å². The fraction of sp³-hybridized carbons (Fsp3) is 0.462. The summed E-state index contributed by atoms with van der Waals surface area (Å²) in [5.74, 6) is 3.36. The van der Waals surface area contributed by atoms with Gasteiger partial charge in [-0.3, -0.25) is 0 Å². The van der Waals surface area contributed by atoms with Crippen LogP contribution in [0.25, 0.3) is 0 Å². The zero-order valence-corrected chi connectivity index (χ0v) is 18.2. The van der Waals surface area contributed by atoms with E-state index in [1.807, 2.05) is 26.0 Å². The van der Waals surface area contributed by atoms with Gasteiger partial charge in [0.05, 0.1) is 7.11 Å². The van der Waals surface area contributed by atoms with Gasteiger partial charge < -0.3 is 9.84 Å². The molecule has 0 saturated carbocycles. The lowest BCUT2D eigenvalue weighted by Crippen LogP contribution is -2.30. The minimum atomic E-state index is -0.753. The zero-order chi connectivity index (χ0) is 20.9. The van der Waals surface area contributed by atoms with Crippen LogP contribution in [0, 0.1) is 24.7 Å².